The van der Waals surface area contributed by atoms with E-state index in [2.05, 4.69) is 6.92 Å². The average molecular weight is 158 g/mol. The summed E-state index contributed by atoms with van der Waals surface area (Å²) in [6.45, 7) is 4.73. The summed E-state index contributed by atoms with van der Waals surface area (Å²) in [4.78, 5) is 0. The Balaban J connectivity index is 1.96. The molecule has 11 heavy (non-hydrogen) atoms. The minimum Gasteiger partial charge on any atom is -0.379 e. The minimum atomic E-state index is 0.385. The van der Waals surface area contributed by atoms with E-state index in [0.717, 1.165) is 26.2 Å². The molecule has 1 atom stereocenters. The third-order valence-electron chi connectivity index (χ3n) is 1.93. The van der Waals surface area contributed by atoms with Crippen LogP contribution in [0.2, 0.25) is 0 Å². The third-order valence-corrected chi connectivity index (χ3v) is 1.93. The lowest BCUT2D eigenvalue weighted by atomic mass is 10.1. The second-order valence-corrected chi connectivity index (χ2v) is 3.06. The summed E-state index contributed by atoms with van der Waals surface area (Å²) in [6, 6.07) is 0. The maximum absolute atomic E-state index is 5.50. The Bertz CT molecular complexity index is 87.6. The van der Waals surface area contributed by atoms with Crippen LogP contribution in [0.15, 0.2) is 0 Å². The van der Waals surface area contributed by atoms with Crippen LogP contribution in [0.4, 0.5) is 0 Å². The van der Waals surface area contributed by atoms with Gasteiger partial charge in [0.15, 0.2) is 0 Å². The van der Waals surface area contributed by atoms with E-state index in [9.17, 15) is 0 Å². The van der Waals surface area contributed by atoms with Gasteiger partial charge in [0, 0.05) is 13.2 Å². The van der Waals surface area contributed by atoms with E-state index in [1.54, 1.807) is 0 Å². The van der Waals surface area contributed by atoms with Crippen LogP contribution in [-0.2, 0) is 9.47 Å². The van der Waals surface area contributed by atoms with Crippen LogP contribution in [0.5, 0.6) is 0 Å². The summed E-state index contributed by atoms with van der Waals surface area (Å²) in [7, 11) is 0. The molecule has 0 aromatic carbocycles. The van der Waals surface area contributed by atoms with Gasteiger partial charge in [-0.05, 0) is 25.7 Å². The molecule has 0 N–H and O–H groups in total. The number of ether oxygens (including phenoxy) is 2. The summed E-state index contributed by atoms with van der Waals surface area (Å²) >= 11 is 0. The van der Waals surface area contributed by atoms with E-state index < -0.39 is 0 Å². The molecule has 1 saturated heterocycles. The first-order valence-corrected chi connectivity index (χ1v) is 4.63. The highest BCUT2D eigenvalue weighted by Gasteiger charge is 2.12. The van der Waals surface area contributed by atoms with Crippen LogP contribution >= 0.6 is 0 Å². The summed E-state index contributed by atoms with van der Waals surface area (Å²) in [5.74, 6) is 0. The maximum atomic E-state index is 5.50. The maximum Gasteiger partial charge on any atom is 0.0808 e. The number of hydrogen-bond donors (Lipinski definition) is 0. The SMILES string of the molecule is CCCOCC1CCCCO1. The van der Waals surface area contributed by atoms with Crippen molar-refractivity contribution in [1.82, 2.24) is 0 Å². The van der Waals surface area contributed by atoms with Crippen molar-refractivity contribution < 1.29 is 9.47 Å². The van der Waals surface area contributed by atoms with E-state index in [1.165, 1.54) is 19.3 Å². The summed E-state index contributed by atoms with van der Waals surface area (Å²) in [5, 5.41) is 0. The van der Waals surface area contributed by atoms with E-state index in [1.807, 2.05) is 0 Å². The van der Waals surface area contributed by atoms with Gasteiger partial charge in [-0.15, -0.1) is 0 Å². The normalized spacial score (nSPS) is 25.4. The summed E-state index contributed by atoms with van der Waals surface area (Å²) in [5.41, 5.74) is 0. The van der Waals surface area contributed by atoms with Gasteiger partial charge in [-0.25, -0.2) is 0 Å². The second-order valence-electron chi connectivity index (χ2n) is 3.06. The first kappa shape index (κ1) is 9.01. The van der Waals surface area contributed by atoms with Crippen molar-refractivity contribution in [2.45, 2.75) is 38.7 Å². The summed E-state index contributed by atoms with van der Waals surface area (Å²) in [6.07, 6.45) is 5.20. The van der Waals surface area contributed by atoms with Gasteiger partial charge in [0.2, 0.25) is 0 Å². The number of hydrogen-bond acceptors (Lipinski definition) is 2. The highest BCUT2D eigenvalue weighted by Crippen LogP contribution is 2.12. The average Bonchev–Trinajstić information content (AvgIpc) is 2.07. The Morgan fingerprint density at radius 1 is 1.45 bits per heavy atom. The Hall–Kier alpha value is -0.0800. The van der Waals surface area contributed by atoms with Gasteiger partial charge >= 0.3 is 0 Å². The van der Waals surface area contributed by atoms with Gasteiger partial charge in [-0.1, -0.05) is 6.92 Å². The molecule has 1 fully saturated rings. The molecule has 0 aliphatic carbocycles. The van der Waals surface area contributed by atoms with Crippen LogP contribution in [0.1, 0.15) is 32.6 Å². The Labute approximate surface area is 68.9 Å². The molecule has 0 bridgehead atoms. The first-order valence-electron chi connectivity index (χ1n) is 4.63. The molecule has 2 nitrogen and oxygen atoms in total. The molecule has 1 rings (SSSR count). The monoisotopic (exact) mass is 158 g/mol. The molecule has 0 saturated carbocycles. The molecule has 1 aliphatic heterocycles. The van der Waals surface area contributed by atoms with Crippen LogP contribution < -0.4 is 0 Å². The third kappa shape index (κ3) is 3.73. The molecule has 0 spiro atoms. The molecule has 1 heterocycles. The van der Waals surface area contributed by atoms with Crippen molar-refractivity contribution in [2.24, 2.45) is 0 Å². The largest absolute Gasteiger partial charge is 0.379 e. The molecule has 2 heteroatoms. The highest BCUT2D eigenvalue weighted by molar-refractivity contribution is 4.61. The van der Waals surface area contributed by atoms with E-state index in [4.69, 9.17) is 9.47 Å². The van der Waals surface area contributed by atoms with Crippen molar-refractivity contribution in [3.63, 3.8) is 0 Å². The number of rotatable bonds is 4. The topological polar surface area (TPSA) is 18.5 Å². The van der Waals surface area contributed by atoms with Gasteiger partial charge in [0.1, 0.15) is 0 Å². The predicted molar refractivity (Wildman–Crippen MR) is 44.7 cm³/mol. The van der Waals surface area contributed by atoms with Crippen LogP contribution in [0.25, 0.3) is 0 Å². The van der Waals surface area contributed by atoms with E-state index >= 15 is 0 Å². The van der Waals surface area contributed by atoms with Crippen molar-refractivity contribution in [3.8, 4) is 0 Å². The molecule has 0 aromatic rings. The zero-order valence-corrected chi connectivity index (χ0v) is 7.34. The molecule has 1 aliphatic rings. The zero-order chi connectivity index (χ0) is 7.94. The smallest absolute Gasteiger partial charge is 0.0808 e. The molecular formula is C9H18O2. The van der Waals surface area contributed by atoms with E-state index in [-0.39, 0.29) is 0 Å². The lowest BCUT2D eigenvalue weighted by molar-refractivity contribution is -0.0404. The zero-order valence-electron chi connectivity index (χ0n) is 7.34. The first-order chi connectivity index (χ1) is 5.43. The van der Waals surface area contributed by atoms with Crippen LogP contribution in [-0.4, -0.2) is 25.9 Å². The Morgan fingerprint density at radius 3 is 3.00 bits per heavy atom. The lowest BCUT2D eigenvalue weighted by Gasteiger charge is -2.22. The fourth-order valence-electron chi connectivity index (χ4n) is 1.30. The molecule has 1 unspecified atom stereocenters. The Morgan fingerprint density at radius 2 is 2.36 bits per heavy atom. The van der Waals surface area contributed by atoms with Crippen molar-refractivity contribution in [2.75, 3.05) is 19.8 Å². The highest BCUT2D eigenvalue weighted by atomic mass is 16.5. The molecule has 0 radical (unpaired) electrons. The van der Waals surface area contributed by atoms with Crippen LogP contribution in [0.3, 0.4) is 0 Å². The quantitative estimate of drug-likeness (QED) is 0.582. The van der Waals surface area contributed by atoms with Gasteiger partial charge in [-0.3, -0.25) is 0 Å². The fraction of sp³-hybridized carbons (Fsp3) is 1.00. The summed E-state index contributed by atoms with van der Waals surface area (Å²) < 4.78 is 10.9. The standard InChI is InChI=1S/C9H18O2/c1-2-6-10-8-9-5-3-4-7-11-9/h9H,2-8H2,1H3. The Kier molecular flexibility index (Phi) is 4.55. The predicted octanol–water partition coefficient (Wildman–Crippen LogP) is 1.98. The molecular weight excluding hydrogens is 140 g/mol. The fourth-order valence-corrected chi connectivity index (χ4v) is 1.30. The van der Waals surface area contributed by atoms with E-state index in [0.29, 0.717) is 6.10 Å². The molecule has 66 valence electrons. The second kappa shape index (κ2) is 5.56. The lowest BCUT2D eigenvalue weighted by Crippen LogP contribution is -2.24. The van der Waals surface area contributed by atoms with Crippen molar-refractivity contribution in [1.29, 1.82) is 0 Å². The van der Waals surface area contributed by atoms with Crippen molar-refractivity contribution in [3.05, 3.63) is 0 Å². The van der Waals surface area contributed by atoms with Gasteiger partial charge < -0.3 is 9.47 Å². The molecule has 0 aromatic heterocycles. The minimum absolute atomic E-state index is 0.385. The van der Waals surface area contributed by atoms with Gasteiger partial charge in [0.25, 0.3) is 0 Å². The van der Waals surface area contributed by atoms with Gasteiger partial charge in [0.05, 0.1) is 12.7 Å². The molecule has 0 amide bonds. The van der Waals surface area contributed by atoms with Crippen LogP contribution in [0, 0.1) is 0 Å². The van der Waals surface area contributed by atoms with Crippen molar-refractivity contribution >= 4 is 0 Å². The van der Waals surface area contributed by atoms with Gasteiger partial charge in [-0.2, -0.15) is 0 Å².